The molecule has 0 aliphatic heterocycles. The lowest BCUT2D eigenvalue weighted by Crippen LogP contribution is -2.14. The SMILES string of the molecule is CCOC(=O)c1c(I)c2c(F)c(Cl)ccc2n1Cc1ccc(OC)cc1. The fourth-order valence-electron chi connectivity index (χ4n) is 2.81. The molecule has 0 N–H and O–H groups in total. The summed E-state index contributed by atoms with van der Waals surface area (Å²) in [4.78, 5) is 12.5. The lowest BCUT2D eigenvalue weighted by molar-refractivity contribution is 0.0513. The summed E-state index contributed by atoms with van der Waals surface area (Å²) < 4.78 is 27.2. The molecule has 7 heteroatoms. The summed E-state index contributed by atoms with van der Waals surface area (Å²) in [6.45, 7) is 2.36. The van der Waals surface area contributed by atoms with Crippen molar-refractivity contribution >= 4 is 51.1 Å². The fraction of sp³-hybridized carbons (Fsp3) is 0.211. The van der Waals surface area contributed by atoms with Crippen molar-refractivity contribution in [3.8, 4) is 5.75 Å². The summed E-state index contributed by atoms with van der Waals surface area (Å²) in [5.74, 6) is -0.283. The average molecular weight is 488 g/mol. The van der Waals surface area contributed by atoms with Gasteiger partial charge in [-0.1, -0.05) is 23.7 Å². The predicted molar refractivity (Wildman–Crippen MR) is 108 cm³/mol. The third-order valence-electron chi connectivity index (χ3n) is 4.03. The highest BCUT2D eigenvalue weighted by atomic mass is 127. The lowest BCUT2D eigenvalue weighted by atomic mass is 10.2. The summed E-state index contributed by atoms with van der Waals surface area (Å²) in [6.07, 6.45) is 0. The van der Waals surface area contributed by atoms with Gasteiger partial charge in [0.1, 0.15) is 11.4 Å². The number of ether oxygens (including phenoxy) is 2. The molecule has 1 heterocycles. The Hall–Kier alpha value is -1.80. The molecule has 0 amide bonds. The van der Waals surface area contributed by atoms with Crippen molar-refractivity contribution in [2.24, 2.45) is 0 Å². The minimum Gasteiger partial charge on any atom is -0.497 e. The van der Waals surface area contributed by atoms with Crippen LogP contribution in [0.15, 0.2) is 36.4 Å². The Kier molecular flexibility index (Phi) is 5.72. The van der Waals surface area contributed by atoms with Gasteiger partial charge in [-0.15, -0.1) is 0 Å². The van der Waals surface area contributed by atoms with Gasteiger partial charge in [0, 0.05) is 6.54 Å². The molecule has 2 aromatic carbocycles. The maximum Gasteiger partial charge on any atom is 0.356 e. The Morgan fingerprint density at radius 2 is 1.92 bits per heavy atom. The van der Waals surface area contributed by atoms with Crippen molar-refractivity contribution in [2.45, 2.75) is 13.5 Å². The standard InChI is InChI=1S/C19H16ClFINO3/c1-3-26-19(24)18-17(22)15-14(9-8-13(20)16(15)21)23(18)10-11-4-6-12(25-2)7-5-11/h4-9H,3,10H2,1-2H3. The largest absolute Gasteiger partial charge is 0.497 e. The Morgan fingerprint density at radius 1 is 1.23 bits per heavy atom. The van der Waals surface area contributed by atoms with Crippen molar-refractivity contribution in [3.63, 3.8) is 0 Å². The first-order chi connectivity index (χ1) is 12.5. The number of esters is 1. The van der Waals surface area contributed by atoms with E-state index >= 15 is 0 Å². The maximum absolute atomic E-state index is 14.6. The molecule has 0 unspecified atom stereocenters. The van der Waals surface area contributed by atoms with Crippen LogP contribution in [0.2, 0.25) is 5.02 Å². The van der Waals surface area contributed by atoms with Gasteiger partial charge in [-0.2, -0.15) is 0 Å². The minimum absolute atomic E-state index is 0.0208. The molecule has 0 aliphatic carbocycles. The first-order valence-corrected chi connectivity index (χ1v) is 9.39. The highest BCUT2D eigenvalue weighted by molar-refractivity contribution is 14.1. The van der Waals surface area contributed by atoms with Crippen LogP contribution in [-0.4, -0.2) is 24.3 Å². The van der Waals surface area contributed by atoms with Crippen molar-refractivity contribution < 1.29 is 18.7 Å². The first kappa shape index (κ1) is 19.0. The van der Waals surface area contributed by atoms with Crippen LogP contribution in [0.4, 0.5) is 4.39 Å². The monoisotopic (exact) mass is 487 g/mol. The zero-order valence-electron chi connectivity index (χ0n) is 14.2. The van der Waals surface area contributed by atoms with Gasteiger partial charge in [0.25, 0.3) is 0 Å². The Bertz CT molecular complexity index is 969. The second-order valence-corrected chi connectivity index (χ2v) is 7.06. The van der Waals surface area contributed by atoms with E-state index in [4.69, 9.17) is 21.1 Å². The van der Waals surface area contributed by atoms with E-state index < -0.39 is 11.8 Å². The van der Waals surface area contributed by atoms with Crippen molar-refractivity contribution in [3.05, 3.63) is 62.1 Å². The number of nitrogens with zero attached hydrogens (tertiary/aromatic N) is 1. The van der Waals surface area contributed by atoms with E-state index in [1.54, 1.807) is 24.7 Å². The molecular formula is C19H16ClFINO3. The summed E-state index contributed by atoms with van der Waals surface area (Å²) in [6, 6.07) is 10.7. The van der Waals surface area contributed by atoms with Crippen LogP contribution in [0.5, 0.6) is 5.75 Å². The number of methoxy groups -OCH3 is 1. The zero-order chi connectivity index (χ0) is 18.8. The number of halogens is 3. The topological polar surface area (TPSA) is 40.5 Å². The van der Waals surface area contributed by atoms with Crippen LogP contribution < -0.4 is 4.74 Å². The molecule has 0 bridgehead atoms. The molecule has 0 saturated carbocycles. The second-order valence-electron chi connectivity index (χ2n) is 5.57. The van der Waals surface area contributed by atoms with E-state index in [9.17, 15) is 9.18 Å². The van der Waals surface area contributed by atoms with Gasteiger partial charge in [0.15, 0.2) is 5.82 Å². The van der Waals surface area contributed by atoms with Crippen LogP contribution in [0.1, 0.15) is 23.0 Å². The molecule has 0 fully saturated rings. The van der Waals surface area contributed by atoms with Crippen molar-refractivity contribution in [1.29, 1.82) is 0 Å². The van der Waals surface area contributed by atoms with Gasteiger partial charge in [0.05, 0.1) is 33.2 Å². The van der Waals surface area contributed by atoms with Gasteiger partial charge in [-0.25, -0.2) is 9.18 Å². The van der Waals surface area contributed by atoms with Crippen molar-refractivity contribution in [1.82, 2.24) is 4.57 Å². The molecule has 3 rings (SSSR count). The van der Waals surface area contributed by atoms with E-state index in [2.05, 4.69) is 0 Å². The lowest BCUT2D eigenvalue weighted by Gasteiger charge is -2.11. The van der Waals surface area contributed by atoms with Gasteiger partial charge < -0.3 is 14.0 Å². The van der Waals surface area contributed by atoms with Gasteiger partial charge in [0.2, 0.25) is 0 Å². The van der Waals surface area contributed by atoms with Gasteiger partial charge >= 0.3 is 5.97 Å². The van der Waals surface area contributed by atoms with E-state index in [0.717, 1.165) is 11.3 Å². The number of carbonyl (C=O) groups is 1. The van der Waals surface area contributed by atoms with Gasteiger partial charge in [-0.05, 0) is 59.3 Å². The third-order valence-corrected chi connectivity index (χ3v) is 5.37. The average Bonchev–Trinajstić information content (AvgIpc) is 2.91. The number of rotatable bonds is 5. The van der Waals surface area contributed by atoms with Crippen LogP contribution in [-0.2, 0) is 11.3 Å². The first-order valence-electron chi connectivity index (χ1n) is 7.93. The van der Waals surface area contributed by atoms with Crippen LogP contribution in [0, 0.1) is 9.39 Å². The smallest absolute Gasteiger partial charge is 0.356 e. The molecule has 1 aromatic heterocycles. The maximum atomic E-state index is 14.6. The summed E-state index contributed by atoms with van der Waals surface area (Å²) in [5, 5.41) is 0.349. The molecule has 0 spiro atoms. The number of fused-ring (bicyclic) bond motifs is 1. The number of carbonyl (C=O) groups excluding carboxylic acids is 1. The Labute approximate surface area is 169 Å². The molecule has 0 aliphatic rings. The fourth-order valence-corrected chi connectivity index (χ4v) is 3.99. The number of hydrogen-bond acceptors (Lipinski definition) is 3. The van der Waals surface area contributed by atoms with E-state index in [0.29, 0.717) is 26.7 Å². The minimum atomic E-state index is -0.535. The normalized spacial score (nSPS) is 11.0. The van der Waals surface area contributed by atoms with Crippen LogP contribution in [0.3, 0.4) is 0 Å². The number of hydrogen-bond donors (Lipinski definition) is 0. The van der Waals surface area contributed by atoms with Crippen molar-refractivity contribution in [2.75, 3.05) is 13.7 Å². The quantitative estimate of drug-likeness (QED) is 0.364. The number of aromatic nitrogens is 1. The van der Waals surface area contributed by atoms with E-state index in [1.807, 2.05) is 46.9 Å². The molecular weight excluding hydrogens is 472 g/mol. The Balaban J connectivity index is 2.19. The Morgan fingerprint density at radius 3 is 2.54 bits per heavy atom. The molecule has 0 atom stereocenters. The van der Waals surface area contributed by atoms with E-state index in [1.165, 1.54) is 6.07 Å². The second kappa shape index (κ2) is 7.84. The summed E-state index contributed by atoms with van der Waals surface area (Å²) in [7, 11) is 1.60. The molecule has 136 valence electrons. The molecule has 26 heavy (non-hydrogen) atoms. The third kappa shape index (κ3) is 3.40. The summed E-state index contributed by atoms with van der Waals surface area (Å²) in [5.41, 5.74) is 1.86. The molecule has 0 radical (unpaired) electrons. The summed E-state index contributed by atoms with van der Waals surface area (Å²) >= 11 is 7.91. The van der Waals surface area contributed by atoms with E-state index in [-0.39, 0.29) is 11.6 Å². The van der Waals surface area contributed by atoms with Crippen LogP contribution >= 0.6 is 34.2 Å². The number of benzene rings is 2. The zero-order valence-corrected chi connectivity index (χ0v) is 17.1. The molecule has 3 aromatic rings. The predicted octanol–water partition coefficient (Wildman–Crippen LogP) is 5.27. The molecule has 0 saturated heterocycles. The highest BCUT2D eigenvalue weighted by Gasteiger charge is 2.25. The molecule has 4 nitrogen and oxygen atoms in total. The van der Waals surface area contributed by atoms with Gasteiger partial charge in [-0.3, -0.25) is 0 Å². The highest BCUT2D eigenvalue weighted by Crippen LogP contribution is 2.34. The van der Waals surface area contributed by atoms with Crippen LogP contribution in [0.25, 0.3) is 10.9 Å².